The maximum Gasteiger partial charge on any atom is 0.240 e. The maximum absolute atomic E-state index is 13.1. The average molecular weight is 398 g/mol. The number of hydrogen-bond acceptors (Lipinski definition) is 4. The van der Waals surface area contributed by atoms with E-state index < -0.39 is 28.0 Å². The number of hydrogen-bond donors (Lipinski definition) is 2. The fourth-order valence-corrected chi connectivity index (χ4v) is 4.37. The van der Waals surface area contributed by atoms with Gasteiger partial charge in [0.25, 0.3) is 0 Å². The summed E-state index contributed by atoms with van der Waals surface area (Å²) in [6, 6.07) is 11.3. The molecule has 3 atom stereocenters. The van der Waals surface area contributed by atoms with Gasteiger partial charge in [-0.15, -0.1) is 11.8 Å². The highest BCUT2D eigenvalue weighted by Gasteiger charge is 2.30. The molecule has 7 heteroatoms. The summed E-state index contributed by atoms with van der Waals surface area (Å²) in [6.07, 6.45) is 1.66. The quantitative estimate of drug-likeness (QED) is 0.662. The van der Waals surface area contributed by atoms with Crippen LogP contribution < -0.4 is 4.72 Å². The Hall–Kier alpha value is -1.41. The number of rotatable bonds is 8. The number of aliphatic hydroxyl groups is 1. The van der Waals surface area contributed by atoms with Crippen LogP contribution >= 0.6 is 11.8 Å². The van der Waals surface area contributed by atoms with Crippen molar-refractivity contribution in [1.29, 1.82) is 0 Å². The van der Waals surface area contributed by atoms with Gasteiger partial charge in [-0.25, -0.2) is 17.5 Å². The van der Waals surface area contributed by atoms with Crippen molar-refractivity contribution in [2.45, 2.75) is 42.2 Å². The lowest BCUT2D eigenvalue weighted by Gasteiger charge is -2.29. The molecule has 0 fully saturated rings. The second-order valence-electron chi connectivity index (χ2n) is 6.20. The molecule has 0 saturated heterocycles. The minimum atomic E-state index is -3.88. The van der Waals surface area contributed by atoms with Crippen LogP contribution in [0.5, 0.6) is 0 Å². The van der Waals surface area contributed by atoms with Crippen LogP contribution in [-0.2, 0) is 10.0 Å². The molecule has 2 N–H and O–H groups in total. The van der Waals surface area contributed by atoms with Gasteiger partial charge in [0.1, 0.15) is 5.82 Å². The normalized spacial score (nSPS) is 15.4. The van der Waals surface area contributed by atoms with E-state index in [-0.39, 0.29) is 10.8 Å². The molecule has 0 aliphatic heterocycles. The first-order chi connectivity index (χ1) is 12.3. The van der Waals surface area contributed by atoms with Crippen LogP contribution in [0.2, 0.25) is 0 Å². The van der Waals surface area contributed by atoms with Crippen LogP contribution in [0, 0.1) is 11.7 Å². The second-order valence-corrected chi connectivity index (χ2v) is 8.80. The zero-order valence-electron chi connectivity index (χ0n) is 15.0. The van der Waals surface area contributed by atoms with E-state index in [2.05, 4.69) is 4.72 Å². The molecule has 1 unspecified atom stereocenters. The molecular formula is C19H24FNO3S2. The molecule has 0 amide bonds. The molecule has 0 aliphatic carbocycles. The minimum absolute atomic E-state index is 0.0304. The Bertz CT molecular complexity index is 808. The van der Waals surface area contributed by atoms with Crippen molar-refractivity contribution in [2.24, 2.45) is 5.92 Å². The lowest BCUT2D eigenvalue weighted by molar-refractivity contribution is 0.112. The van der Waals surface area contributed by atoms with E-state index in [1.54, 1.807) is 23.9 Å². The summed E-state index contributed by atoms with van der Waals surface area (Å²) in [7, 11) is -3.88. The Balaban J connectivity index is 2.29. The van der Waals surface area contributed by atoms with Gasteiger partial charge >= 0.3 is 0 Å². The summed E-state index contributed by atoms with van der Waals surface area (Å²) in [5, 5.41) is 10.8. The van der Waals surface area contributed by atoms with Crippen molar-refractivity contribution < 1.29 is 17.9 Å². The van der Waals surface area contributed by atoms with E-state index in [4.69, 9.17) is 0 Å². The monoisotopic (exact) mass is 397 g/mol. The van der Waals surface area contributed by atoms with Gasteiger partial charge in [0, 0.05) is 4.90 Å². The maximum atomic E-state index is 13.1. The summed E-state index contributed by atoms with van der Waals surface area (Å²) in [5.41, 5.74) is 0.648. The van der Waals surface area contributed by atoms with Gasteiger partial charge in [-0.05, 0) is 54.1 Å². The average Bonchev–Trinajstić information content (AvgIpc) is 2.65. The first-order valence-corrected chi connectivity index (χ1v) is 11.1. The fourth-order valence-electron chi connectivity index (χ4n) is 2.62. The number of benzene rings is 2. The van der Waals surface area contributed by atoms with E-state index in [9.17, 15) is 17.9 Å². The van der Waals surface area contributed by atoms with Crippen LogP contribution in [0.15, 0.2) is 58.3 Å². The van der Waals surface area contributed by atoms with Crippen molar-refractivity contribution in [1.82, 2.24) is 4.72 Å². The highest BCUT2D eigenvalue weighted by molar-refractivity contribution is 7.98. The van der Waals surface area contributed by atoms with Gasteiger partial charge in [-0.3, -0.25) is 0 Å². The Morgan fingerprint density at radius 2 is 1.69 bits per heavy atom. The van der Waals surface area contributed by atoms with Crippen molar-refractivity contribution in [3.63, 3.8) is 0 Å². The first-order valence-electron chi connectivity index (χ1n) is 8.38. The van der Waals surface area contributed by atoms with E-state index in [0.29, 0.717) is 12.0 Å². The van der Waals surface area contributed by atoms with Gasteiger partial charge < -0.3 is 5.11 Å². The lowest BCUT2D eigenvalue weighted by atomic mass is 9.91. The SMILES string of the molecule is CC[C@H](C)[C@H](NS(=O)(=O)c1ccc(F)cc1)C(O)c1ccc(SC)cc1. The van der Waals surface area contributed by atoms with Crippen LogP contribution in [-0.4, -0.2) is 25.8 Å². The molecule has 4 nitrogen and oxygen atoms in total. The molecule has 2 rings (SSSR count). The highest BCUT2D eigenvalue weighted by Crippen LogP contribution is 2.27. The molecule has 0 spiro atoms. The molecule has 142 valence electrons. The minimum Gasteiger partial charge on any atom is -0.387 e. The van der Waals surface area contributed by atoms with Gasteiger partial charge in [-0.2, -0.15) is 0 Å². The molecule has 0 aromatic heterocycles. The highest BCUT2D eigenvalue weighted by atomic mass is 32.2. The van der Waals surface area contributed by atoms with E-state index >= 15 is 0 Å². The molecule has 0 heterocycles. The smallest absolute Gasteiger partial charge is 0.240 e. The van der Waals surface area contributed by atoms with Gasteiger partial charge in [0.05, 0.1) is 17.0 Å². The zero-order chi connectivity index (χ0) is 19.3. The number of thioether (sulfide) groups is 1. The predicted molar refractivity (Wildman–Crippen MR) is 103 cm³/mol. The van der Waals surface area contributed by atoms with E-state index in [1.807, 2.05) is 32.2 Å². The Kier molecular flexibility index (Phi) is 7.23. The second kappa shape index (κ2) is 8.99. The number of nitrogens with one attached hydrogen (secondary N) is 1. The number of sulfonamides is 1. The fraction of sp³-hybridized carbons (Fsp3) is 0.368. The largest absolute Gasteiger partial charge is 0.387 e. The van der Waals surface area contributed by atoms with Crippen LogP contribution in [0.25, 0.3) is 0 Å². The Labute approximate surface area is 158 Å². The van der Waals surface area contributed by atoms with Crippen LogP contribution in [0.3, 0.4) is 0 Å². The molecule has 2 aromatic carbocycles. The molecule has 2 aromatic rings. The summed E-state index contributed by atoms with van der Waals surface area (Å²) >= 11 is 1.59. The summed E-state index contributed by atoms with van der Waals surface area (Å²) in [5.74, 6) is -0.600. The lowest BCUT2D eigenvalue weighted by Crippen LogP contribution is -2.43. The topological polar surface area (TPSA) is 66.4 Å². The van der Waals surface area contributed by atoms with Crippen LogP contribution in [0.1, 0.15) is 31.9 Å². The van der Waals surface area contributed by atoms with Crippen molar-refractivity contribution in [3.05, 3.63) is 59.9 Å². The molecule has 26 heavy (non-hydrogen) atoms. The first kappa shape index (κ1) is 20.9. The standard InChI is InChI=1S/C19H24FNO3S2/c1-4-13(2)18(19(22)14-5-9-16(25-3)10-6-14)21-26(23,24)17-11-7-15(20)8-12-17/h5-13,18-19,21-22H,4H2,1-3H3/t13-,18-,19?/m0/s1. The van der Waals surface area contributed by atoms with Gasteiger partial charge in [-0.1, -0.05) is 32.4 Å². The molecule has 0 saturated carbocycles. The molecule has 0 bridgehead atoms. The zero-order valence-corrected chi connectivity index (χ0v) is 16.6. The Morgan fingerprint density at radius 3 is 2.19 bits per heavy atom. The van der Waals surface area contributed by atoms with Crippen molar-refractivity contribution in [2.75, 3.05) is 6.26 Å². The van der Waals surface area contributed by atoms with Gasteiger partial charge in [0.15, 0.2) is 0 Å². The number of halogens is 1. The third-order valence-electron chi connectivity index (χ3n) is 4.47. The summed E-state index contributed by atoms with van der Waals surface area (Å²) in [4.78, 5) is 1.03. The summed E-state index contributed by atoms with van der Waals surface area (Å²) < 4.78 is 41.0. The van der Waals surface area contributed by atoms with Gasteiger partial charge in [0.2, 0.25) is 10.0 Å². The van der Waals surface area contributed by atoms with E-state index in [1.165, 1.54) is 12.1 Å². The van der Waals surface area contributed by atoms with Crippen molar-refractivity contribution >= 4 is 21.8 Å². The predicted octanol–water partition coefficient (Wildman–Crippen LogP) is 3.97. The molecule has 0 aliphatic rings. The third-order valence-corrected chi connectivity index (χ3v) is 6.69. The summed E-state index contributed by atoms with van der Waals surface area (Å²) in [6.45, 7) is 3.82. The third kappa shape index (κ3) is 5.07. The van der Waals surface area contributed by atoms with E-state index in [0.717, 1.165) is 17.0 Å². The molecular weight excluding hydrogens is 373 g/mol. The van der Waals surface area contributed by atoms with Crippen molar-refractivity contribution in [3.8, 4) is 0 Å². The Morgan fingerprint density at radius 1 is 1.12 bits per heavy atom. The van der Waals surface area contributed by atoms with Crippen LogP contribution in [0.4, 0.5) is 4.39 Å². The molecule has 0 radical (unpaired) electrons. The number of aliphatic hydroxyl groups excluding tert-OH is 1.